The summed E-state index contributed by atoms with van der Waals surface area (Å²) in [5.41, 5.74) is 1.90. The van der Waals surface area contributed by atoms with E-state index in [0.29, 0.717) is 17.9 Å². The first kappa shape index (κ1) is 12.7. The van der Waals surface area contributed by atoms with E-state index in [0.717, 1.165) is 15.6 Å². The Bertz CT molecular complexity index is 454. The van der Waals surface area contributed by atoms with Crippen LogP contribution in [0, 0.1) is 0 Å². The minimum absolute atomic E-state index is 0.0624. The molecule has 1 aromatic rings. The van der Waals surface area contributed by atoms with Crippen LogP contribution >= 0.6 is 15.9 Å². The molecule has 1 unspecified atom stereocenters. The highest BCUT2D eigenvalue weighted by Gasteiger charge is 2.41. The highest BCUT2D eigenvalue weighted by atomic mass is 79.9. The van der Waals surface area contributed by atoms with Gasteiger partial charge in [0.25, 0.3) is 0 Å². The van der Waals surface area contributed by atoms with Gasteiger partial charge < -0.3 is 14.6 Å². The Kier molecular flexibility index (Phi) is 3.12. The highest BCUT2D eigenvalue weighted by molar-refractivity contribution is 9.10. The second kappa shape index (κ2) is 4.18. The van der Waals surface area contributed by atoms with Crippen molar-refractivity contribution in [2.24, 2.45) is 0 Å². The molecule has 1 atom stereocenters. The zero-order chi connectivity index (χ0) is 12.8. The van der Waals surface area contributed by atoms with Crippen LogP contribution in [0.2, 0.25) is 0 Å². The van der Waals surface area contributed by atoms with Crippen molar-refractivity contribution in [1.82, 2.24) is 0 Å². The van der Waals surface area contributed by atoms with E-state index < -0.39 is 6.10 Å². The molecule has 1 aliphatic carbocycles. The molecule has 0 spiro atoms. The van der Waals surface area contributed by atoms with E-state index in [9.17, 15) is 5.11 Å². The molecular weight excluding hydrogens is 284 g/mol. The summed E-state index contributed by atoms with van der Waals surface area (Å²) in [7, 11) is 3.20. The average molecular weight is 301 g/mol. The molecular formula is C13H17BrO3. The van der Waals surface area contributed by atoms with Crippen molar-refractivity contribution in [2.75, 3.05) is 14.2 Å². The smallest absolute Gasteiger partial charge is 0.166 e. The quantitative estimate of drug-likeness (QED) is 0.912. The Labute approximate surface area is 110 Å². The van der Waals surface area contributed by atoms with E-state index in [2.05, 4.69) is 29.8 Å². The van der Waals surface area contributed by atoms with E-state index in [-0.39, 0.29) is 5.41 Å². The average Bonchev–Trinajstić information content (AvgIpc) is 2.49. The molecule has 2 rings (SSSR count). The van der Waals surface area contributed by atoms with Gasteiger partial charge in [0.05, 0.1) is 20.3 Å². The van der Waals surface area contributed by atoms with Crippen LogP contribution in [0.25, 0.3) is 0 Å². The molecule has 1 aliphatic rings. The zero-order valence-electron chi connectivity index (χ0n) is 10.5. The first-order valence-electron chi connectivity index (χ1n) is 5.55. The Morgan fingerprint density at radius 1 is 1.35 bits per heavy atom. The van der Waals surface area contributed by atoms with Gasteiger partial charge in [-0.1, -0.05) is 29.8 Å². The molecule has 0 radical (unpaired) electrons. The minimum Gasteiger partial charge on any atom is -0.493 e. The highest BCUT2D eigenvalue weighted by Crippen LogP contribution is 2.54. The molecule has 94 valence electrons. The van der Waals surface area contributed by atoms with Gasteiger partial charge in [-0.05, 0) is 23.5 Å². The maximum atomic E-state index is 10.2. The van der Waals surface area contributed by atoms with Gasteiger partial charge in [-0.3, -0.25) is 0 Å². The molecule has 0 heterocycles. The third-order valence-electron chi connectivity index (χ3n) is 3.37. The summed E-state index contributed by atoms with van der Waals surface area (Å²) >= 11 is 3.56. The van der Waals surface area contributed by atoms with Gasteiger partial charge in [0.2, 0.25) is 0 Å². The normalized spacial score (nSPS) is 21.2. The first-order chi connectivity index (χ1) is 7.92. The third kappa shape index (κ3) is 1.83. The standard InChI is InChI=1S/C13H17BrO3/c1-13(2)6-8(15)10-11(13)7(14)5-9(16-3)12(10)17-4/h5,8,15H,6H2,1-4H3. The van der Waals surface area contributed by atoms with Crippen LogP contribution in [0.4, 0.5) is 0 Å². The van der Waals surface area contributed by atoms with Crippen molar-refractivity contribution < 1.29 is 14.6 Å². The first-order valence-corrected chi connectivity index (χ1v) is 6.34. The van der Waals surface area contributed by atoms with Crippen LogP contribution in [0.1, 0.15) is 37.5 Å². The van der Waals surface area contributed by atoms with Crippen molar-refractivity contribution in [3.8, 4) is 11.5 Å². The van der Waals surface area contributed by atoms with Crippen LogP contribution in [-0.4, -0.2) is 19.3 Å². The second-order valence-corrected chi connectivity index (χ2v) is 5.84. The lowest BCUT2D eigenvalue weighted by molar-refractivity contribution is 0.158. The van der Waals surface area contributed by atoms with Crippen LogP contribution in [0.5, 0.6) is 11.5 Å². The van der Waals surface area contributed by atoms with Crippen molar-refractivity contribution >= 4 is 15.9 Å². The van der Waals surface area contributed by atoms with Gasteiger partial charge >= 0.3 is 0 Å². The van der Waals surface area contributed by atoms with Crippen molar-refractivity contribution in [2.45, 2.75) is 31.8 Å². The molecule has 0 saturated carbocycles. The lowest BCUT2D eigenvalue weighted by atomic mass is 9.86. The third-order valence-corrected chi connectivity index (χ3v) is 4.00. The fourth-order valence-electron chi connectivity index (χ4n) is 2.68. The zero-order valence-corrected chi connectivity index (χ0v) is 12.1. The van der Waals surface area contributed by atoms with Crippen molar-refractivity contribution in [3.05, 3.63) is 21.7 Å². The Hall–Kier alpha value is -0.740. The summed E-state index contributed by atoms with van der Waals surface area (Å²) < 4.78 is 11.6. The van der Waals surface area contributed by atoms with Gasteiger partial charge in [-0.25, -0.2) is 0 Å². The molecule has 0 aliphatic heterocycles. The lowest BCUT2D eigenvalue weighted by Crippen LogP contribution is -2.13. The Morgan fingerprint density at radius 2 is 2.00 bits per heavy atom. The van der Waals surface area contributed by atoms with Crippen LogP contribution < -0.4 is 9.47 Å². The van der Waals surface area contributed by atoms with Gasteiger partial charge in [0.15, 0.2) is 11.5 Å². The molecule has 3 nitrogen and oxygen atoms in total. The van der Waals surface area contributed by atoms with E-state index in [1.165, 1.54) is 0 Å². The van der Waals surface area contributed by atoms with Crippen LogP contribution in [0.3, 0.4) is 0 Å². The maximum Gasteiger partial charge on any atom is 0.166 e. The summed E-state index contributed by atoms with van der Waals surface area (Å²) in [6.45, 7) is 4.25. The summed E-state index contributed by atoms with van der Waals surface area (Å²) in [4.78, 5) is 0. The number of rotatable bonds is 2. The van der Waals surface area contributed by atoms with E-state index in [4.69, 9.17) is 9.47 Å². The molecule has 1 aromatic carbocycles. The number of fused-ring (bicyclic) bond motifs is 1. The van der Waals surface area contributed by atoms with Crippen molar-refractivity contribution in [1.29, 1.82) is 0 Å². The number of ether oxygens (including phenoxy) is 2. The number of methoxy groups -OCH3 is 2. The number of hydrogen-bond acceptors (Lipinski definition) is 3. The molecule has 0 bridgehead atoms. The maximum absolute atomic E-state index is 10.2. The Morgan fingerprint density at radius 3 is 2.53 bits per heavy atom. The summed E-state index contributed by atoms with van der Waals surface area (Å²) in [5.74, 6) is 1.29. The summed E-state index contributed by atoms with van der Waals surface area (Å²) in [6.07, 6.45) is 0.200. The fourth-order valence-corrected chi connectivity index (χ4v) is 3.64. The molecule has 4 heteroatoms. The molecule has 0 amide bonds. The van der Waals surface area contributed by atoms with E-state index in [1.54, 1.807) is 14.2 Å². The van der Waals surface area contributed by atoms with Gasteiger partial charge in [0, 0.05) is 10.0 Å². The number of aliphatic hydroxyl groups is 1. The van der Waals surface area contributed by atoms with Crippen LogP contribution in [0.15, 0.2) is 10.5 Å². The topological polar surface area (TPSA) is 38.7 Å². The van der Waals surface area contributed by atoms with E-state index in [1.807, 2.05) is 6.07 Å². The largest absolute Gasteiger partial charge is 0.493 e. The lowest BCUT2D eigenvalue weighted by Gasteiger charge is -2.21. The molecule has 17 heavy (non-hydrogen) atoms. The number of benzene rings is 1. The molecule has 0 fully saturated rings. The monoisotopic (exact) mass is 300 g/mol. The predicted molar refractivity (Wildman–Crippen MR) is 69.8 cm³/mol. The Balaban J connectivity index is 2.76. The summed E-state index contributed by atoms with van der Waals surface area (Å²) in [5, 5.41) is 10.2. The van der Waals surface area contributed by atoms with E-state index >= 15 is 0 Å². The van der Waals surface area contributed by atoms with Gasteiger partial charge in [-0.15, -0.1) is 0 Å². The number of hydrogen-bond donors (Lipinski definition) is 1. The van der Waals surface area contributed by atoms with Crippen molar-refractivity contribution in [3.63, 3.8) is 0 Å². The minimum atomic E-state index is -0.499. The molecule has 0 saturated heterocycles. The number of aliphatic hydroxyl groups excluding tert-OH is 1. The SMILES string of the molecule is COc1cc(Br)c2c(c1OC)C(O)CC2(C)C. The molecule has 1 N–H and O–H groups in total. The molecule has 0 aromatic heterocycles. The van der Waals surface area contributed by atoms with Gasteiger partial charge in [-0.2, -0.15) is 0 Å². The second-order valence-electron chi connectivity index (χ2n) is 4.99. The van der Waals surface area contributed by atoms with Crippen LogP contribution in [-0.2, 0) is 5.41 Å². The predicted octanol–water partition coefficient (Wildman–Crippen LogP) is 3.18. The number of halogens is 1. The summed E-state index contributed by atoms with van der Waals surface area (Å²) in [6, 6.07) is 1.90. The van der Waals surface area contributed by atoms with Gasteiger partial charge in [0.1, 0.15) is 0 Å². The fraction of sp³-hybridized carbons (Fsp3) is 0.538.